The van der Waals surface area contributed by atoms with Gasteiger partial charge in [-0.05, 0) is 77.4 Å². The van der Waals surface area contributed by atoms with Crippen LogP contribution in [0.15, 0.2) is 126 Å². The quantitative estimate of drug-likeness (QED) is 0.124. The third-order valence-electron chi connectivity index (χ3n) is 10.3. The highest BCUT2D eigenvalue weighted by Gasteiger charge is 2.31. The standard InChI is InChI=1S/C44H39F5N4O2/c45-38-11-6-9-34(42(38)46)19-22-40-50-43(55)37-10-4-5-12-39(37)53(40)29-41(54)52(36-23-25-51(26-24-36)27-30-7-2-1-3-8-30)28-31-13-15-32(16-14-31)33-17-20-35(21-18-33)44(47,48)49/h1-18,20-21,36H,19,22-29H2. The molecule has 1 amide bonds. The lowest BCUT2D eigenvalue weighted by Crippen LogP contribution is -2.48. The van der Waals surface area contributed by atoms with Gasteiger partial charge in [-0.15, -0.1) is 0 Å². The van der Waals surface area contributed by atoms with Crippen LogP contribution in [-0.2, 0) is 43.4 Å². The number of amides is 1. The van der Waals surface area contributed by atoms with Crippen LogP contribution in [0.2, 0.25) is 0 Å². The van der Waals surface area contributed by atoms with Gasteiger partial charge < -0.3 is 9.47 Å². The van der Waals surface area contributed by atoms with Gasteiger partial charge in [0.05, 0.1) is 16.5 Å². The summed E-state index contributed by atoms with van der Waals surface area (Å²) in [6, 6.07) is 33.4. The van der Waals surface area contributed by atoms with Crippen molar-refractivity contribution in [2.45, 2.75) is 57.5 Å². The number of halogens is 5. The molecule has 282 valence electrons. The Labute approximate surface area is 315 Å². The number of carbonyl (C=O) groups excluding carboxylic acids is 1. The van der Waals surface area contributed by atoms with Crippen molar-refractivity contribution in [2.75, 3.05) is 13.1 Å². The maximum Gasteiger partial charge on any atom is 0.416 e. The van der Waals surface area contributed by atoms with Crippen LogP contribution < -0.4 is 5.56 Å². The Kier molecular flexibility index (Phi) is 11.2. The zero-order valence-electron chi connectivity index (χ0n) is 30.0. The molecule has 0 atom stereocenters. The molecule has 11 heteroatoms. The molecule has 5 aromatic carbocycles. The van der Waals surface area contributed by atoms with Gasteiger partial charge in [0.1, 0.15) is 12.4 Å². The van der Waals surface area contributed by atoms with Crippen molar-refractivity contribution in [3.8, 4) is 11.1 Å². The molecular formula is C44H39F5N4O2. The van der Waals surface area contributed by atoms with Crippen molar-refractivity contribution in [3.05, 3.63) is 171 Å². The molecule has 1 aliphatic heterocycles. The number of fused-ring (bicyclic) bond motifs is 1. The number of likely N-dealkylation sites (tertiary alicyclic amines) is 1. The molecule has 0 bridgehead atoms. The first-order valence-electron chi connectivity index (χ1n) is 18.3. The molecule has 6 nitrogen and oxygen atoms in total. The molecule has 1 aliphatic rings. The fourth-order valence-corrected chi connectivity index (χ4v) is 7.35. The summed E-state index contributed by atoms with van der Waals surface area (Å²) in [6.45, 7) is 2.51. The van der Waals surface area contributed by atoms with E-state index >= 15 is 0 Å². The Morgan fingerprint density at radius 1 is 0.745 bits per heavy atom. The summed E-state index contributed by atoms with van der Waals surface area (Å²) in [5.74, 6) is -1.82. The predicted molar refractivity (Wildman–Crippen MR) is 202 cm³/mol. The van der Waals surface area contributed by atoms with Crippen molar-refractivity contribution in [2.24, 2.45) is 0 Å². The maximum atomic E-state index is 14.6. The summed E-state index contributed by atoms with van der Waals surface area (Å²) >= 11 is 0. The molecule has 0 radical (unpaired) electrons. The first kappa shape index (κ1) is 37.6. The highest BCUT2D eigenvalue weighted by molar-refractivity contribution is 5.82. The van der Waals surface area contributed by atoms with Crippen LogP contribution in [0, 0.1) is 11.6 Å². The summed E-state index contributed by atoms with van der Waals surface area (Å²) < 4.78 is 69.8. The van der Waals surface area contributed by atoms with Gasteiger partial charge in [0.25, 0.3) is 5.56 Å². The molecule has 0 spiro atoms. The van der Waals surface area contributed by atoms with Gasteiger partial charge in [0.15, 0.2) is 11.6 Å². The highest BCUT2D eigenvalue weighted by atomic mass is 19.4. The molecule has 6 aromatic rings. The molecular weight excluding hydrogens is 711 g/mol. The van der Waals surface area contributed by atoms with E-state index in [1.165, 1.54) is 29.8 Å². The topological polar surface area (TPSA) is 58.4 Å². The van der Waals surface area contributed by atoms with Gasteiger partial charge in [-0.3, -0.25) is 14.5 Å². The molecule has 55 heavy (non-hydrogen) atoms. The number of hydrogen-bond donors (Lipinski definition) is 0. The molecule has 7 rings (SSSR count). The Morgan fingerprint density at radius 2 is 1.40 bits per heavy atom. The summed E-state index contributed by atoms with van der Waals surface area (Å²) in [5, 5.41) is 0.343. The Balaban J connectivity index is 1.16. The van der Waals surface area contributed by atoms with Gasteiger partial charge in [-0.2, -0.15) is 18.2 Å². The zero-order valence-corrected chi connectivity index (χ0v) is 30.0. The number of aromatic nitrogens is 2. The molecule has 0 unspecified atom stereocenters. The summed E-state index contributed by atoms with van der Waals surface area (Å²) in [4.78, 5) is 36.3. The second kappa shape index (κ2) is 16.4. The number of nitrogens with zero attached hydrogens (tertiary/aromatic N) is 4. The van der Waals surface area contributed by atoms with Crippen LogP contribution in [-0.4, -0.2) is 44.4 Å². The van der Waals surface area contributed by atoms with Gasteiger partial charge in [-0.25, -0.2) is 8.78 Å². The highest BCUT2D eigenvalue weighted by Crippen LogP contribution is 2.31. The normalized spacial score (nSPS) is 14.0. The number of aryl methyl sites for hydroxylation is 2. The van der Waals surface area contributed by atoms with Crippen molar-refractivity contribution >= 4 is 16.8 Å². The SMILES string of the molecule is O=C(Cn1c(CCc2cccc(F)c2F)nc(=O)c2ccccc21)N(Cc1ccc(-c2ccc(C(F)(F)F)cc2)cc1)C1CCN(Cc2ccccc2)CC1. The lowest BCUT2D eigenvalue weighted by Gasteiger charge is -2.39. The molecule has 1 saturated heterocycles. The van der Waals surface area contributed by atoms with E-state index < -0.39 is 28.9 Å². The van der Waals surface area contributed by atoms with Crippen molar-refractivity contribution in [1.82, 2.24) is 19.4 Å². The number of hydrogen-bond acceptors (Lipinski definition) is 4. The molecule has 0 aliphatic carbocycles. The predicted octanol–water partition coefficient (Wildman–Crippen LogP) is 8.84. The van der Waals surface area contributed by atoms with Gasteiger partial charge in [0.2, 0.25) is 5.91 Å². The fourth-order valence-electron chi connectivity index (χ4n) is 7.35. The van der Waals surface area contributed by atoms with E-state index in [0.717, 1.165) is 61.8 Å². The van der Waals surface area contributed by atoms with E-state index in [1.807, 2.05) is 47.4 Å². The zero-order chi connectivity index (χ0) is 38.5. The van der Waals surface area contributed by atoms with Crippen LogP contribution >= 0.6 is 0 Å². The smallest absolute Gasteiger partial charge is 0.334 e. The Morgan fingerprint density at radius 3 is 2.09 bits per heavy atom. The van der Waals surface area contributed by atoms with Gasteiger partial charge in [0, 0.05) is 38.6 Å². The van der Waals surface area contributed by atoms with Crippen molar-refractivity contribution in [3.63, 3.8) is 0 Å². The lowest BCUT2D eigenvalue weighted by molar-refractivity contribution is -0.137. The van der Waals surface area contributed by atoms with E-state index in [9.17, 15) is 31.5 Å². The monoisotopic (exact) mass is 750 g/mol. The molecule has 0 saturated carbocycles. The third kappa shape index (κ3) is 8.84. The Hall–Kier alpha value is -5.68. The molecule has 1 aromatic heterocycles. The fraction of sp³-hybridized carbons (Fsp3) is 0.250. The van der Waals surface area contributed by atoms with E-state index in [1.54, 1.807) is 28.8 Å². The van der Waals surface area contributed by atoms with E-state index in [0.29, 0.717) is 22.3 Å². The summed E-state index contributed by atoms with van der Waals surface area (Å²) in [7, 11) is 0. The molecule has 0 N–H and O–H groups in total. The largest absolute Gasteiger partial charge is 0.416 e. The summed E-state index contributed by atoms with van der Waals surface area (Å²) in [6.07, 6.45) is -2.80. The van der Waals surface area contributed by atoms with Crippen molar-refractivity contribution in [1.29, 1.82) is 0 Å². The number of para-hydroxylation sites is 1. The van der Waals surface area contributed by atoms with Crippen LogP contribution in [0.25, 0.3) is 22.0 Å². The first-order chi connectivity index (χ1) is 26.5. The number of benzene rings is 5. The van der Waals surface area contributed by atoms with Crippen LogP contribution in [0.4, 0.5) is 22.0 Å². The maximum absolute atomic E-state index is 14.6. The van der Waals surface area contributed by atoms with E-state index in [-0.39, 0.29) is 43.4 Å². The summed E-state index contributed by atoms with van der Waals surface area (Å²) in [5.41, 5.74) is 2.92. The Bertz CT molecular complexity index is 2320. The minimum Gasteiger partial charge on any atom is -0.334 e. The third-order valence-corrected chi connectivity index (χ3v) is 10.3. The molecule has 1 fully saturated rings. The average molecular weight is 751 g/mol. The number of carbonyl (C=O) groups is 1. The lowest BCUT2D eigenvalue weighted by atomic mass is 9.99. The van der Waals surface area contributed by atoms with E-state index in [4.69, 9.17) is 0 Å². The number of piperidine rings is 1. The van der Waals surface area contributed by atoms with Crippen molar-refractivity contribution < 1.29 is 26.7 Å². The van der Waals surface area contributed by atoms with Crippen LogP contribution in [0.3, 0.4) is 0 Å². The van der Waals surface area contributed by atoms with Crippen LogP contribution in [0.5, 0.6) is 0 Å². The second-order valence-corrected chi connectivity index (χ2v) is 13.9. The van der Waals surface area contributed by atoms with Gasteiger partial charge >= 0.3 is 6.18 Å². The van der Waals surface area contributed by atoms with E-state index in [2.05, 4.69) is 22.0 Å². The second-order valence-electron chi connectivity index (χ2n) is 13.9. The minimum absolute atomic E-state index is 0.0669. The number of alkyl halides is 3. The minimum atomic E-state index is -4.42. The average Bonchev–Trinajstić information content (AvgIpc) is 3.19. The van der Waals surface area contributed by atoms with Crippen LogP contribution in [0.1, 0.15) is 40.9 Å². The molecule has 2 heterocycles. The van der Waals surface area contributed by atoms with Gasteiger partial charge in [-0.1, -0.05) is 91.0 Å². The number of rotatable bonds is 11. The first-order valence-corrected chi connectivity index (χ1v) is 18.3.